The van der Waals surface area contributed by atoms with Gasteiger partial charge in [0.05, 0.1) is 24.3 Å². The average molecular weight is 285 g/mol. The molecule has 0 saturated heterocycles. The standard InChI is InChI=1S/C15H12FN3O2/c1-21-15(20)11-4-5-18-14(7-11)19-9-12-3-2-10(8-17)6-13(12)16/h2-7H,9H2,1H3,(H,18,19). The first-order valence-electron chi connectivity index (χ1n) is 6.11. The van der Waals surface area contributed by atoms with E-state index < -0.39 is 11.8 Å². The van der Waals surface area contributed by atoms with Gasteiger partial charge in [-0.3, -0.25) is 0 Å². The number of nitrogens with zero attached hydrogens (tertiary/aromatic N) is 2. The lowest BCUT2D eigenvalue weighted by atomic mass is 10.1. The first kappa shape index (κ1) is 14.5. The lowest BCUT2D eigenvalue weighted by molar-refractivity contribution is 0.0600. The zero-order valence-corrected chi connectivity index (χ0v) is 11.3. The van der Waals surface area contributed by atoms with Crippen LogP contribution in [-0.4, -0.2) is 18.1 Å². The molecule has 0 radical (unpaired) electrons. The Hall–Kier alpha value is -2.94. The number of rotatable bonds is 4. The predicted molar refractivity (Wildman–Crippen MR) is 74.0 cm³/mol. The third-order valence-corrected chi connectivity index (χ3v) is 2.82. The summed E-state index contributed by atoms with van der Waals surface area (Å²) in [7, 11) is 1.29. The molecule has 2 rings (SSSR count). The van der Waals surface area contributed by atoms with E-state index in [-0.39, 0.29) is 12.1 Å². The van der Waals surface area contributed by atoms with Gasteiger partial charge in [-0.1, -0.05) is 6.07 Å². The van der Waals surface area contributed by atoms with E-state index in [0.29, 0.717) is 16.9 Å². The van der Waals surface area contributed by atoms with Crippen molar-refractivity contribution in [2.24, 2.45) is 0 Å². The highest BCUT2D eigenvalue weighted by Crippen LogP contribution is 2.13. The minimum atomic E-state index is -0.468. The molecule has 21 heavy (non-hydrogen) atoms. The van der Waals surface area contributed by atoms with Crippen molar-refractivity contribution in [3.63, 3.8) is 0 Å². The second kappa shape index (κ2) is 6.48. The van der Waals surface area contributed by atoms with Crippen molar-refractivity contribution >= 4 is 11.8 Å². The van der Waals surface area contributed by atoms with Gasteiger partial charge >= 0.3 is 5.97 Å². The van der Waals surface area contributed by atoms with Gasteiger partial charge in [-0.15, -0.1) is 0 Å². The van der Waals surface area contributed by atoms with Gasteiger partial charge < -0.3 is 10.1 Å². The molecule has 0 unspecified atom stereocenters. The molecule has 0 fully saturated rings. The first-order chi connectivity index (χ1) is 10.1. The summed E-state index contributed by atoms with van der Waals surface area (Å²) in [6.07, 6.45) is 1.46. The molecule has 1 aromatic heterocycles. The summed E-state index contributed by atoms with van der Waals surface area (Å²) in [6, 6.07) is 9.17. The van der Waals surface area contributed by atoms with Crippen LogP contribution in [0.4, 0.5) is 10.2 Å². The van der Waals surface area contributed by atoms with E-state index in [1.165, 1.54) is 37.6 Å². The van der Waals surface area contributed by atoms with Crippen molar-refractivity contribution in [2.45, 2.75) is 6.54 Å². The second-order valence-electron chi connectivity index (χ2n) is 4.19. The molecule has 0 aliphatic carbocycles. The number of anilines is 1. The fourth-order valence-electron chi connectivity index (χ4n) is 1.72. The van der Waals surface area contributed by atoms with Crippen LogP contribution >= 0.6 is 0 Å². The van der Waals surface area contributed by atoms with E-state index in [0.717, 1.165) is 0 Å². The van der Waals surface area contributed by atoms with E-state index >= 15 is 0 Å². The van der Waals surface area contributed by atoms with Crippen LogP contribution < -0.4 is 5.32 Å². The van der Waals surface area contributed by atoms with Crippen LogP contribution in [0.25, 0.3) is 0 Å². The smallest absolute Gasteiger partial charge is 0.338 e. The van der Waals surface area contributed by atoms with E-state index in [1.807, 2.05) is 6.07 Å². The van der Waals surface area contributed by atoms with Crippen LogP contribution in [0.2, 0.25) is 0 Å². The summed E-state index contributed by atoms with van der Waals surface area (Å²) in [5.74, 6) is -0.502. The molecule has 0 bridgehead atoms. The molecular weight excluding hydrogens is 273 g/mol. The van der Waals surface area contributed by atoms with Crippen LogP contribution in [0.1, 0.15) is 21.5 Å². The zero-order chi connectivity index (χ0) is 15.2. The lowest BCUT2D eigenvalue weighted by Gasteiger charge is -2.08. The SMILES string of the molecule is COC(=O)c1ccnc(NCc2ccc(C#N)cc2F)c1. The van der Waals surface area contributed by atoms with Crippen molar-refractivity contribution in [1.82, 2.24) is 4.98 Å². The van der Waals surface area contributed by atoms with Gasteiger partial charge in [0, 0.05) is 18.3 Å². The summed E-state index contributed by atoms with van der Waals surface area (Å²) in [5, 5.41) is 11.6. The largest absolute Gasteiger partial charge is 0.465 e. The molecule has 5 nitrogen and oxygen atoms in total. The zero-order valence-electron chi connectivity index (χ0n) is 11.3. The highest BCUT2D eigenvalue weighted by Gasteiger charge is 2.07. The molecule has 0 aliphatic rings. The molecule has 0 spiro atoms. The van der Waals surface area contributed by atoms with E-state index in [9.17, 15) is 9.18 Å². The van der Waals surface area contributed by atoms with E-state index in [1.54, 1.807) is 6.07 Å². The quantitative estimate of drug-likeness (QED) is 0.873. The molecule has 2 aromatic rings. The Kier molecular flexibility index (Phi) is 4.46. The summed E-state index contributed by atoms with van der Waals surface area (Å²) < 4.78 is 18.3. The second-order valence-corrected chi connectivity index (χ2v) is 4.19. The Morgan fingerprint density at radius 3 is 2.90 bits per heavy atom. The van der Waals surface area contributed by atoms with Crippen LogP contribution in [0.3, 0.4) is 0 Å². The first-order valence-corrected chi connectivity index (χ1v) is 6.11. The average Bonchev–Trinajstić information content (AvgIpc) is 2.53. The molecule has 0 amide bonds. The number of nitrogens with one attached hydrogen (secondary N) is 1. The Morgan fingerprint density at radius 1 is 1.43 bits per heavy atom. The molecule has 0 saturated carbocycles. The number of aromatic nitrogens is 1. The predicted octanol–water partition coefficient (Wildman–Crippen LogP) is 2.49. The maximum atomic E-state index is 13.7. The third-order valence-electron chi connectivity index (χ3n) is 2.82. The summed E-state index contributed by atoms with van der Waals surface area (Å²) in [4.78, 5) is 15.4. The normalized spacial score (nSPS) is 9.76. The molecule has 106 valence electrons. The number of benzene rings is 1. The minimum absolute atomic E-state index is 0.190. The minimum Gasteiger partial charge on any atom is -0.465 e. The van der Waals surface area contributed by atoms with Crippen molar-refractivity contribution in [3.8, 4) is 6.07 Å². The molecule has 0 atom stereocenters. The number of hydrogen-bond acceptors (Lipinski definition) is 5. The number of methoxy groups -OCH3 is 1. The third kappa shape index (κ3) is 3.54. The fourth-order valence-corrected chi connectivity index (χ4v) is 1.72. The van der Waals surface area contributed by atoms with E-state index in [4.69, 9.17) is 5.26 Å². The molecule has 1 heterocycles. The van der Waals surface area contributed by atoms with Crippen LogP contribution in [0, 0.1) is 17.1 Å². The Labute approximate surface area is 121 Å². The number of esters is 1. The van der Waals surface area contributed by atoms with Crippen molar-refractivity contribution in [1.29, 1.82) is 5.26 Å². The van der Waals surface area contributed by atoms with Crippen molar-refractivity contribution < 1.29 is 13.9 Å². The fraction of sp³-hybridized carbons (Fsp3) is 0.133. The van der Waals surface area contributed by atoms with Gasteiger partial charge in [-0.2, -0.15) is 5.26 Å². The van der Waals surface area contributed by atoms with E-state index in [2.05, 4.69) is 15.0 Å². The van der Waals surface area contributed by atoms with Crippen LogP contribution in [0.5, 0.6) is 0 Å². The van der Waals surface area contributed by atoms with Gasteiger partial charge in [0.2, 0.25) is 0 Å². The van der Waals surface area contributed by atoms with Gasteiger partial charge in [0.25, 0.3) is 0 Å². The number of carbonyl (C=O) groups excluding carboxylic acids is 1. The van der Waals surface area contributed by atoms with Gasteiger partial charge in [0.15, 0.2) is 0 Å². The summed E-state index contributed by atoms with van der Waals surface area (Å²) >= 11 is 0. The summed E-state index contributed by atoms with van der Waals surface area (Å²) in [5.41, 5.74) is 1.02. The van der Waals surface area contributed by atoms with Gasteiger partial charge in [0.1, 0.15) is 11.6 Å². The Balaban J connectivity index is 2.10. The topological polar surface area (TPSA) is 75.0 Å². The van der Waals surface area contributed by atoms with Gasteiger partial charge in [-0.05, 0) is 24.3 Å². The number of hydrogen-bond donors (Lipinski definition) is 1. The number of carbonyl (C=O) groups is 1. The molecule has 1 aromatic carbocycles. The number of pyridine rings is 1. The molecular formula is C15H12FN3O2. The van der Waals surface area contributed by atoms with Crippen LogP contribution in [0.15, 0.2) is 36.5 Å². The highest BCUT2D eigenvalue weighted by molar-refractivity contribution is 5.89. The molecule has 6 heteroatoms. The lowest BCUT2D eigenvalue weighted by Crippen LogP contribution is -2.06. The van der Waals surface area contributed by atoms with Crippen molar-refractivity contribution in [3.05, 3.63) is 59.0 Å². The summed E-state index contributed by atoms with van der Waals surface area (Å²) in [6.45, 7) is 0.190. The molecule has 1 N–H and O–H groups in total. The molecule has 0 aliphatic heterocycles. The maximum Gasteiger partial charge on any atom is 0.338 e. The number of ether oxygens (including phenoxy) is 1. The Morgan fingerprint density at radius 2 is 2.24 bits per heavy atom. The Bertz CT molecular complexity index is 710. The van der Waals surface area contributed by atoms with Crippen LogP contribution in [-0.2, 0) is 11.3 Å². The van der Waals surface area contributed by atoms with Crippen molar-refractivity contribution in [2.75, 3.05) is 12.4 Å². The van der Waals surface area contributed by atoms with Gasteiger partial charge in [-0.25, -0.2) is 14.2 Å². The monoisotopic (exact) mass is 285 g/mol. The number of nitriles is 1. The maximum absolute atomic E-state index is 13.7. The number of halogens is 1. The highest BCUT2D eigenvalue weighted by atomic mass is 19.1.